The largest absolute Gasteiger partial charge is 0.366 e. The standard InChI is InChI=1S/C24H32N2/c1-7-19-9-11-21(12-10-19)25-16-20-14-22-18(4)15-24(5,6)26(8-2)23(22)13-17(20)3/h9-14,16,18H,7-8,15H2,1-6H3. The molecule has 0 radical (unpaired) electrons. The van der Waals surface area contributed by atoms with Gasteiger partial charge >= 0.3 is 0 Å². The molecule has 1 atom stereocenters. The van der Waals surface area contributed by atoms with Gasteiger partial charge in [-0.25, -0.2) is 0 Å². The summed E-state index contributed by atoms with van der Waals surface area (Å²) in [6, 6.07) is 13.3. The van der Waals surface area contributed by atoms with Crippen LogP contribution in [0, 0.1) is 6.92 Å². The predicted octanol–water partition coefficient (Wildman–Crippen LogP) is 6.42. The molecule has 138 valence electrons. The van der Waals surface area contributed by atoms with Gasteiger partial charge in [0.15, 0.2) is 0 Å². The van der Waals surface area contributed by atoms with Crippen LogP contribution in [-0.4, -0.2) is 18.3 Å². The molecule has 3 rings (SSSR count). The maximum absolute atomic E-state index is 4.72. The van der Waals surface area contributed by atoms with Gasteiger partial charge in [0.25, 0.3) is 0 Å². The third-order valence-electron chi connectivity index (χ3n) is 5.79. The molecule has 1 unspecified atom stereocenters. The van der Waals surface area contributed by atoms with E-state index in [-0.39, 0.29) is 5.54 Å². The summed E-state index contributed by atoms with van der Waals surface area (Å²) in [6.07, 6.45) is 4.28. The third-order valence-corrected chi connectivity index (χ3v) is 5.79. The first kappa shape index (κ1) is 18.7. The molecule has 2 heteroatoms. The van der Waals surface area contributed by atoms with Gasteiger partial charge in [0.2, 0.25) is 0 Å². The van der Waals surface area contributed by atoms with Crippen molar-refractivity contribution in [2.75, 3.05) is 11.4 Å². The molecule has 0 aliphatic carbocycles. The van der Waals surface area contributed by atoms with Crippen LogP contribution in [0.15, 0.2) is 41.4 Å². The molecule has 0 aromatic heterocycles. The van der Waals surface area contributed by atoms with E-state index in [9.17, 15) is 0 Å². The fraction of sp³-hybridized carbons (Fsp3) is 0.458. The van der Waals surface area contributed by atoms with Gasteiger partial charge in [-0.3, -0.25) is 4.99 Å². The number of rotatable bonds is 4. The highest BCUT2D eigenvalue weighted by Crippen LogP contribution is 2.44. The van der Waals surface area contributed by atoms with E-state index in [4.69, 9.17) is 4.99 Å². The average Bonchev–Trinajstić information content (AvgIpc) is 2.60. The Morgan fingerprint density at radius 1 is 1.15 bits per heavy atom. The molecule has 2 aromatic rings. The Bertz CT molecular complexity index is 800. The van der Waals surface area contributed by atoms with E-state index < -0.39 is 0 Å². The van der Waals surface area contributed by atoms with Gasteiger partial charge in [0, 0.05) is 24.0 Å². The zero-order valence-electron chi connectivity index (χ0n) is 17.1. The molecule has 2 aromatic carbocycles. The fourth-order valence-corrected chi connectivity index (χ4v) is 4.35. The van der Waals surface area contributed by atoms with Gasteiger partial charge in [-0.1, -0.05) is 26.0 Å². The fourth-order valence-electron chi connectivity index (χ4n) is 4.35. The Morgan fingerprint density at radius 3 is 2.46 bits per heavy atom. The van der Waals surface area contributed by atoms with Gasteiger partial charge in [-0.2, -0.15) is 0 Å². The van der Waals surface area contributed by atoms with Crippen molar-refractivity contribution in [3.63, 3.8) is 0 Å². The Morgan fingerprint density at radius 2 is 1.85 bits per heavy atom. The number of benzene rings is 2. The zero-order valence-corrected chi connectivity index (χ0v) is 17.1. The zero-order chi connectivity index (χ0) is 18.9. The normalized spacial score (nSPS) is 19.0. The number of aryl methyl sites for hydroxylation is 2. The van der Waals surface area contributed by atoms with Crippen LogP contribution < -0.4 is 4.90 Å². The van der Waals surface area contributed by atoms with Gasteiger partial charge in [-0.05, 0) is 93.0 Å². The summed E-state index contributed by atoms with van der Waals surface area (Å²) in [5.41, 5.74) is 7.96. The molecule has 0 N–H and O–H groups in total. The minimum absolute atomic E-state index is 0.213. The quantitative estimate of drug-likeness (QED) is 0.582. The summed E-state index contributed by atoms with van der Waals surface area (Å²) in [5, 5.41) is 0. The van der Waals surface area contributed by atoms with Crippen LogP contribution in [0.1, 0.15) is 69.2 Å². The summed E-state index contributed by atoms with van der Waals surface area (Å²) < 4.78 is 0. The van der Waals surface area contributed by atoms with E-state index in [0.717, 1.165) is 18.7 Å². The van der Waals surface area contributed by atoms with E-state index >= 15 is 0 Å². The Kier molecular flexibility index (Phi) is 5.22. The molecule has 0 fully saturated rings. The minimum atomic E-state index is 0.213. The van der Waals surface area contributed by atoms with Crippen molar-refractivity contribution in [3.8, 4) is 0 Å². The number of hydrogen-bond donors (Lipinski definition) is 0. The second-order valence-electron chi connectivity index (χ2n) is 8.21. The molecule has 1 aliphatic heterocycles. The Balaban J connectivity index is 1.95. The number of anilines is 1. The minimum Gasteiger partial charge on any atom is -0.366 e. The van der Waals surface area contributed by atoms with Crippen LogP contribution in [0.2, 0.25) is 0 Å². The molecule has 0 spiro atoms. The van der Waals surface area contributed by atoms with Crippen molar-refractivity contribution in [2.24, 2.45) is 4.99 Å². The number of nitrogens with zero attached hydrogens (tertiary/aromatic N) is 2. The predicted molar refractivity (Wildman–Crippen MR) is 114 cm³/mol. The lowest BCUT2D eigenvalue weighted by atomic mass is 9.79. The lowest BCUT2D eigenvalue weighted by Crippen LogP contribution is -2.48. The second kappa shape index (κ2) is 7.26. The summed E-state index contributed by atoms with van der Waals surface area (Å²) in [5.74, 6) is 0.569. The van der Waals surface area contributed by atoms with Gasteiger partial charge < -0.3 is 4.90 Å². The van der Waals surface area contributed by atoms with Crippen molar-refractivity contribution in [1.29, 1.82) is 0 Å². The number of hydrogen-bond acceptors (Lipinski definition) is 2. The van der Waals surface area contributed by atoms with E-state index in [1.165, 1.54) is 34.4 Å². The first-order valence-electron chi connectivity index (χ1n) is 9.91. The number of aliphatic imine (C=N–C) groups is 1. The van der Waals surface area contributed by atoms with E-state index in [0.29, 0.717) is 5.92 Å². The maximum Gasteiger partial charge on any atom is 0.0630 e. The van der Waals surface area contributed by atoms with Gasteiger partial charge in [-0.15, -0.1) is 0 Å². The highest BCUT2D eigenvalue weighted by molar-refractivity contribution is 5.86. The molecule has 26 heavy (non-hydrogen) atoms. The first-order chi connectivity index (χ1) is 12.4. The maximum atomic E-state index is 4.72. The topological polar surface area (TPSA) is 15.6 Å². The molecule has 1 aliphatic rings. The lowest BCUT2D eigenvalue weighted by molar-refractivity contribution is 0.381. The highest BCUT2D eigenvalue weighted by atomic mass is 15.2. The lowest BCUT2D eigenvalue weighted by Gasteiger charge is -2.47. The SMILES string of the molecule is CCc1ccc(N=Cc2cc3c(cc2C)N(CC)C(C)(C)CC3C)cc1. The van der Waals surface area contributed by atoms with Crippen LogP contribution in [0.5, 0.6) is 0 Å². The van der Waals surface area contributed by atoms with Crippen LogP contribution in [0.3, 0.4) is 0 Å². The van der Waals surface area contributed by atoms with Gasteiger partial charge in [0.1, 0.15) is 0 Å². The highest BCUT2D eigenvalue weighted by Gasteiger charge is 2.35. The van der Waals surface area contributed by atoms with Crippen molar-refractivity contribution in [3.05, 3.63) is 58.7 Å². The summed E-state index contributed by atoms with van der Waals surface area (Å²) in [7, 11) is 0. The molecule has 0 amide bonds. The van der Waals surface area contributed by atoms with Crippen molar-refractivity contribution in [2.45, 2.75) is 65.8 Å². The molecular formula is C24H32N2. The summed E-state index contributed by atoms with van der Waals surface area (Å²) in [6.45, 7) is 14.8. The molecule has 1 heterocycles. The summed E-state index contributed by atoms with van der Waals surface area (Å²) >= 11 is 0. The average molecular weight is 349 g/mol. The van der Waals surface area contributed by atoms with Crippen LogP contribution in [-0.2, 0) is 6.42 Å². The van der Waals surface area contributed by atoms with E-state index in [1.54, 1.807) is 0 Å². The third kappa shape index (κ3) is 3.56. The monoisotopic (exact) mass is 348 g/mol. The van der Waals surface area contributed by atoms with Gasteiger partial charge in [0.05, 0.1) is 5.69 Å². The molecule has 0 saturated carbocycles. The molecule has 0 bridgehead atoms. The van der Waals surface area contributed by atoms with E-state index in [2.05, 4.69) is 82.8 Å². The van der Waals surface area contributed by atoms with Crippen molar-refractivity contribution < 1.29 is 0 Å². The summed E-state index contributed by atoms with van der Waals surface area (Å²) in [4.78, 5) is 7.27. The first-order valence-corrected chi connectivity index (χ1v) is 9.91. The van der Waals surface area contributed by atoms with E-state index in [1.807, 2.05) is 6.21 Å². The molecular weight excluding hydrogens is 316 g/mol. The number of fused-ring (bicyclic) bond motifs is 1. The van der Waals surface area contributed by atoms with Crippen LogP contribution >= 0.6 is 0 Å². The Hall–Kier alpha value is -2.09. The van der Waals surface area contributed by atoms with Crippen LogP contribution in [0.4, 0.5) is 11.4 Å². The van der Waals surface area contributed by atoms with Crippen molar-refractivity contribution in [1.82, 2.24) is 0 Å². The second-order valence-corrected chi connectivity index (χ2v) is 8.21. The Labute approximate surface area is 159 Å². The van der Waals surface area contributed by atoms with Crippen LogP contribution in [0.25, 0.3) is 0 Å². The van der Waals surface area contributed by atoms with Crippen molar-refractivity contribution >= 4 is 17.6 Å². The smallest absolute Gasteiger partial charge is 0.0630 e. The molecule has 0 saturated heterocycles. The molecule has 2 nitrogen and oxygen atoms in total.